The van der Waals surface area contributed by atoms with Gasteiger partial charge in [-0.25, -0.2) is 0 Å². The zero-order valence-corrected chi connectivity index (χ0v) is 9.15. The molecular weight excluding hydrogens is 192 g/mol. The predicted molar refractivity (Wildman–Crippen MR) is 61.6 cm³/mol. The second-order valence-corrected chi connectivity index (χ2v) is 2.95. The Balaban J connectivity index is 3.20. The topological polar surface area (TPSA) is 38.7 Å². The van der Waals surface area contributed by atoms with E-state index in [-0.39, 0.29) is 6.61 Å². The Kier molecular flexibility index (Phi) is 10.2. The highest BCUT2D eigenvalue weighted by Crippen LogP contribution is 1.97. The van der Waals surface area contributed by atoms with Crippen molar-refractivity contribution in [2.75, 3.05) is 26.4 Å². The lowest BCUT2D eigenvalue weighted by Gasteiger charge is -2.05. The van der Waals surface area contributed by atoms with Gasteiger partial charge in [0.2, 0.25) is 0 Å². The summed E-state index contributed by atoms with van der Waals surface area (Å²) in [5, 5.41) is 8.49. The van der Waals surface area contributed by atoms with Crippen LogP contribution in [0.3, 0.4) is 0 Å². The standard InChI is InChI=1S/C12H20O3/c1-3-4-7-12(2)15-11-6-10-14-9-5-8-13/h3-4,7,13H,1-2,5-6,8-11H2/b7-4-. The summed E-state index contributed by atoms with van der Waals surface area (Å²) in [4.78, 5) is 0. The van der Waals surface area contributed by atoms with E-state index >= 15 is 0 Å². The van der Waals surface area contributed by atoms with Gasteiger partial charge in [0.1, 0.15) is 5.76 Å². The molecule has 1 N–H and O–H groups in total. The minimum atomic E-state index is 0.180. The lowest BCUT2D eigenvalue weighted by Crippen LogP contribution is -2.02. The monoisotopic (exact) mass is 212 g/mol. The lowest BCUT2D eigenvalue weighted by molar-refractivity contribution is 0.0963. The number of allylic oxidation sites excluding steroid dienone is 3. The first-order chi connectivity index (χ1) is 7.31. The fourth-order valence-electron chi connectivity index (χ4n) is 0.856. The second kappa shape index (κ2) is 11.0. The van der Waals surface area contributed by atoms with Crippen LogP contribution in [0.2, 0.25) is 0 Å². The molecule has 15 heavy (non-hydrogen) atoms. The molecule has 0 unspecified atom stereocenters. The van der Waals surface area contributed by atoms with Crippen LogP contribution in [0.1, 0.15) is 12.8 Å². The Hall–Kier alpha value is -1.06. The van der Waals surface area contributed by atoms with Crippen LogP contribution in [0, 0.1) is 0 Å². The molecule has 0 rings (SSSR count). The van der Waals surface area contributed by atoms with Gasteiger partial charge in [0.25, 0.3) is 0 Å². The van der Waals surface area contributed by atoms with Gasteiger partial charge in [0, 0.05) is 26.2 Å². The molecule has 0 amide bonds. The minimum absolute atomic E-state index is 0.180. The molecule has 0 bridgehead atoms. The summed E-state index contributed by atoms with van der Waals surface area (Å²) in [7, 11) is 0. The molecule has 3 nitrogen and oxygen atoms in total. The van der Waals surface area contributed by atoms with E-state index in [1.165, 1.54) is 0 Å². The number of ether oxygens (including phenoxy) is 2. The van der Waals surface area contributed by atoms with E-state index in [0.717, 1.165) is 6.42 Å². The molecule has 0 saturated heterocycles. The van der Waals surface area contributed by atoms with Gasteiger partial charge in [-0.2, -0.15) is 0 Å². The fraction of sp³-hybridized carbons (Fsp3) is 0.500. The van der Waals surface area contributed by atoms with E-state index in [2.05, 4.69) is 13.2 Å². The van der Waals surface area contributed by atoms with Crippen molar-refractivity contribution in [1.82, 2.24) is 0 Å². The van der Waals surface area contributed by atoms with Crippen molar-refractivity contribution in [1.29, 1.82) is 0 Å². The third-order valence-electron chi connectivity index (χ3n) is 1.59. The Morgan fingerprint density at radius 2 is 1.93 bits per heavy atom. The molecular formula is C12H20O3. The van der Waals surface area contributed by atoms with Crippen molar-refractivity contribution in [2.24, 2.45) is 0 Å². The molecule has 3 heteroatoms. The molecule has 0 fully saturated rings. The Morgan fingerprint density at radius 1 is 1.20 bits per heavy atom. The van der Waals surface area contributed by atoms with Gasteiger partial charge in [-0.15, -0.1) is 0 Å². The summed E-state index contributed by atoms with van der Waals surface area (Å²) < 4.78 is 10.5. The molecule has 86 valence electrons. The molecule has 0 radical (unpaired) electrons. The summed E-state index contributed by atoms with van der Waals surface area (Å²) in [6.45, 7) is 9.29. The zero-order chi connectivity index (χ0) is 11.4. The number of hydrogen-bond acceptors (Lipinski definition) is 3. The average Bonchev–Trinajstić information content (AvgIpc) is 2.25. The Bertz CT molecular complexity index is 197. The maximum atomic E-state index is 8.49. The number of aliphatic hydroxyl groups is 1. The van der Waals surface area contributed by atoms with E-state index in [0.29, 0.717) is 32.0 Å². The quantitative estimate of drug-likeness (QED) is 0.342. The number of rotatable bonds is 10. The van der Waals surface area contributed by atoms with E-state index < -0.39 is 0 Å². The first-order valence-corrected chi connectivity index (χ1v) is 5.10. The molecule has 0 aliphatic rings. The molecule has 0 aliphatic heterocycles. The second-order valence-electron chi connectivity index (χ2n) is 2.95. The smallest absolute Gasteiger partial charge is 0.112 e. The Morgan fingerprint density at radius 3 is 2.60 bits per heavy atom. The minimum Gasteiger partial charge on any atom is -0.494 e. The van der Waals surface area contributed by atoms with Crippen molar-refractivity contribution in [3.63, 3.8) is 0 Å². The van der Waals surface area contributed by atoms with Gasteiger partial charge >= 0.3 is 0 Å². The molecule has 0 aromatic heterocycles. The molecule has 0 aromatic rings. The van der Waals surface area contributed by atoms with Crippen LogP contribution < -0.4 is 0 Å². The summed E-state index contributed by atoms with van der Waals surface area (Å²) in [5.41, 5.74) is 0. The third-order valence-corrected chi connectivity index (χ3v) is 1.59. The summed E-state index contributed by atoms with van der Waals surface area (Å²) >= 11 is 0. The average molecular weight is 212 g/mol. The number of aliphatic hydroxyl groups excluding tert-OH is 1. The third kappa shape index (κ3) is 10.9. The normalized spacial score (nSPS) is 10.5. The van der Waals surface area contributed by atoms with Crippen LogP contribution in [-0.2, 0) is 9.47 Å². The lowest BCUT2D eigenvalue weighted by atomic mass is 10.4. The van der Waals surface area contributed by atoms with Crippen LogP contribution in [0.15, 0.2) is 37.1 Å². The van der Waals surface area contributed by atoms with Crippen LogP contribution in [0.5, 0.6) is 0 Å². The van der Waals surface area contributed by atoms with Crippen LogP contribution in [0.25, 0.3) is 0 Å². The first-order valence-electron chi connectivity index (χ1n) is 5.10. The van der Waals surface area contributed by atoms with Crippen molar-refractivity contribution < 1.29 is 14.6 Å². The summed E-state index contributed by atoms with van der Waals surface area (Å²) in [5.74, 6) is 0.630. The maximum absolute atomic E-state index is 8.49. The van der Waals surface area contributed by atoms with Crippen molar-refractivity contribution >= 4 is 0 Å². The highest BCUT2D eigenvalue weighted by Gasteiger charge is 1.91. The van der Waals surface area contributed by atoms with Crippen molar-refractivity contribution in [3.05, 3.63) is 37.1 Å². The number of hydrogen-bond donors (Lipinski definition) is 1. The van der Waals surface area contributed by atoms with E-state index in [9.17, 15) is 0 Å². The highest BCUT2D eigenvalue weighted by atomic mass is 16.5. The van der Waals surface area contributed by atoms with Crippen LogP contribution in [0.4, 0.5) is 0 Å². The summed E-state index contributed by atoms with van der Waals surface area (Å²) in [6.07, 6.45) is 6.73. The van der Waals surface area contributed by atoms with E-state index in [4.69, 9.17) is 14.6 Å². The highest BCUT2D eigenvalue weighted by molar-refractivity contribution is 5.12. The van der Waals surface area contributed by atoms with Gasteiger partial charge < -0.3 is 14.6 Å². The molecule has 0 atom stereocenters. The van der Waals surface area contributed by atoms with Crippen molar-refractivity contribution in [2.45, 2.75) is 12.8 Å². The SMILES string of the molecule is C=C/C=C\C(=C)OCCCOCCCO. The van der Waals surface area contributed by atoms with E-state index in [1.54, 1.807) is 18.2 Å². The van der Waals surface area contributed by atoms with E-state index in [1.807, 2.05) is 0 Å². The van der Waals surface area contributed by atoms with Gasteiger partial charge in [-0.05, 0) is 12.5 Å². The largest absolute Gasteiger partial charge is 0.494 e. The predicted octanol–water partition coefficient (Wildman–Crippen LogP) is 2.05. The molecule has 0 spiro atoms. The fourth-order valence-corrected chi connectivity index (χ4v) is 0.856. The van der Waals surface area contributed by atoms with Gasteiger partial charge in [0.05, 0.1) is 6.61 Å². The summed E-state index contributed by atoms with van der Waals surface area (Å²) in [6, 6.07) is 0. The van der Waals surface area contributed by atoms with Gasteiger partial charge in [0.15, 0.2) is 0 Å². The van der Waals surface area contributed by atoms with Gasteiger partial charge in [-0.1, -0.05) is 25.3 Å². The molecule has 0 aromatic carbocycles. The Labute approximate surface area is 91.7 Å². The van der Waals surface area contributed by atoms with Crippen LogP contribution >= 0.6 is 0 Å². The van der Waals surface area contributed by atoms with Gasteiger partial charge in [-0.3, -0.25) is 0 Å². The zero-order valence-electron chi connectivity index (χ0n) is 9.15. The molecule has 0 saturated carbocycles. The molecule has 0 heterocycles. The van der Waals surface area contributed by atoms with Crippen molar-refractivity contribution in [3.8, 4) is 0 Å². The maximum Gasteiger partial charge on any atom is 0.112 e. The molecule has 0 aliphatic carbocycles. The first kappa shape index (κ1) is 13.9. The van der Waals surface area contributed by atoms with Crippen LogP contribution in [-0.4, -0.2) is 31.5 Å².